The Morgan fingerprint density at radius 1 is 1.39 bits per heavy atom. The first-order valence-corrected chi connectivity index (χ1v) is 6.57. The molecule has 0 radical (unpaired) electrons. The van der Waals surface area contributed by atoms with Gasteiger partial charge in [-0.1, -0.05) is 33.2 Å². The van der Waals surface area contributed by atoms with E-state index in [0.29, 0.717) is 5.82 Å². The maximum atomic E-state index is 5.51. The van der Waals surface area contributed by atoms with Gasteiger partial charge in [-0.15, -0.1) is 0 Å². The molecule has 1 heterocycles. The molecule has 1 aromatic carbocycles. The molecule has 0 amide bonds. The molecule has 0 saturated carbocycles. The highest BCUT2D eigenvalue weighted by Gasteiger charge is 2.05. The second-order valence-electron chi connectivity index (χ2n) is 4.34. The van der Waals surface area contributed by atoms with Gasteiger partial charge in [-0.2, -0.15) is 0 Å². The lowest BCUT2D eigenvalue weighted by atomic mass is 10.1. The van der Waals surface area contributed by atoms with Crippen molar-refractivity contribution in [3.05, 3.63) is 46.1 Å². The van der Waals surface area contributed by atoms with Gasteiger partial charge in [0.2, 0.25) is 0 Å². The number of likely N-dealkylation sites (N-methyl/N-ethyl adjacent to an activating group) is 1. The topological polar surface area (TPSA) is 55.3 Å². The number of rotatable bonds is 5. The Morgan fingerprint density at radius 3 is 2.89 bits per heavy atom. The summed E-state index contributed by atoms with van der Waals surface area (Å²) >= 11 is 3.47. The van der Waals surface area contributed by atoms with Crippen LogP contribution >= 0.6 is 15.9 Å². The summed E-state index contributed by atoms with van der Waals surface area (Å²) in [5, 5.41) is 3.67. The highest BCUT2D eigenvalue weighted by atomic mass is 79.9. The predicted octanol–water partition coefficient (Wildman–Crippen LogP) is 2.69. The van der Waals surface area contributed by atoms with Crippen LogP contribution in [0.1, 0.15) is 11.3 Å². The summed E-state index contributed by atoms with van der Waals surface area (Å²) in [7, 11) is 2.05. The Morgan fingerprint density at radius 2 is 2.22 bits per heavy atom. The Hall–Kier alpha value is -1.33. The lowest BCUT2D eigenvalue weighted by Gasteiger charge is -2.14. The van der Waals surface area contributed by atoms with Gasteiger partial charge < -0.3 is 10.3 Å². The summed E-state index contributed by atoms with van der Waals surface area (Å²) in [6, 6.07) is 10.1. The standard InChI is InChI=1S/C13H16BrN3O/c1-17(9-12-8-13(15)16-18-12)6-5-10-3-2-4-11(14)7-10/h2-4,7-8H,5-6,9H2,1H3,(H2,15,16). The van der Waals surface area contributed by atoms with Crippen molar-refractivity contribution in [2.45, 2.75) is 13.0 Å². The fourth-order valence-corrected chi connectivity index (χ4v) is 2.21. The Balaban J connectivity index is 1.83. The minimum Gasteiger partial charge on any atom is -0.381 e. The van der Waals surface area contributed by atoms with Crippen LogP contribution in [-0.4, -0.2) is 23.6 Å². The van der Waals surface area contributed by atoms with Crippen LogP contribution in [0, 0.1) is 0 Å². The van der Waals surface area contributed by atoms with Gasteiger partial charge in [0.25, 0.3) is 0 Å². The largest absolute Gasteiger partial charge is 0.381 e. The first-order chi connectivity index (χ1) is 8.63. The SMILES string of the molecule is CN(CCc1cccc(Br)c1)Cc1cc(N)no1. The molecule has 2 aromatic rings. The van der Waals surface area contributed by atoms with E-state index in [0.717, 1.165) is 29.7 Å². The van der Waals surface area contributed by atoms with E-state index in [2.05, 4.69) is 51.2 Å². The minimum absolute atomic E-state index is 0.436. The molecule has 0 aliphatic carbocycles. The maximum Gasteiger partial charge on any atom is 0.167 e. The first-order valence-electron chi connectivity index (χ1n) is 5.77. The van der Waals surface area contributed by atoms with Gasteiger partial charge in [-0.3, -0.25) is 4.90 Å². The summed E-state index contributed by atoms with van der Waals surface area (Å²) in [6.07, 6.45) is 1.000. The Bertz CT molecular complexity index is 512. The third-order valence-electron chi connectivity index (χ3n) is 2.67. The normalized spacial score (nSPS) is 11.1. The van der Waals surface area contributed by atoms with Gasteiger partial charge in [0.05, 0.1) is 6.54 Å². The molecule has 0 atom stereocenters. The summed E-state index contributed by atoms with van der Waals surface area (Å²) in [6.45, 7) is 1.68. The fourth-order valence-electron chi connectivity index (χ4n) is 1.76. The number of aromatic nitrogens is 1. The Labute approximate surface area is 115 Å². The molecule has 0 aliphatic rings. The van der Waals surface area contributed by atoms with Crippen molar-refractivity contribution in [2.75, 3.05) is 19.3 Å². The smallest absolute Gasteiger partial charge is 0.167 e. The zero-order valence-corrected chi connectivity index (χ0v) is 11.9. The zero-order chi connectivity index (χ0) is 13.0. The second kappa shape index (κ2) is 6.02. The second-order valence-corrected chi connectivity index (χ2v) is 5.25. The van der Waals surface area contributed by atoms with Gasteiger partial charge in [-0.25, -0.2) is 0 Å². The molecule has 4 nitrogen and oxygen atoms in total. The van der Waals surface area contributed by atoms with Gasteiger partial charge in [0.1, 0.15) is 0 Å². The molecule has 18 heavy (non-hydrogen) atoms. The summed E-state index contributed by atoms with van der Waals surface area (Å²) in [4.78, 5) is 2.18. The van der Waals surface area contributed by atoms with E-state index >= 15 is 0 Å². The van der Waals surface area contributed by atoms with Crippen LogP contribution < -0.4 is 5.73 Å². The number of hydrogen-bond acceptors (Lipinski definition) is 4. The third kappa shape index (κ3) is 3.85. The predicted molar refractivity (Wildman–Crippen MR) is 75.1 cm³/mol. The molecule has 1 aromatic heterocycles. The van der Waals surface area contributed by atoms with Crippen LogP contribution in [-0.2, 0) is 13.0 Å². The monoisotopic (exact) mass is 309 g/mol. The van der Waals surface area contributed by atoms with Crippen LogP contribution in [0.3, 0.4) is 0 Å². The molecule has 2 N–H and O–H groups in total. The van der Waals surface area contributed by atoms with Crippen LogP contribution in [0.15, 0.2) is 39.3 Å². The molecule has 0 aliphatic heterocycles. The summed E-state index contributed by atoms with van der Waals surface area (Å²) < 4.78 is 6.20. The lowest BCUT2D eigenvalue weighted by Crippen LogP contribution is -2.20. The molecule has 2 rings (SSSR count). The average molecular weight is 310 g/mol. The summed E-state index contributed by atoms with van der Waals surface area (Å²) in [5.41, 5.74) is 6.82. The number of benzene rings is 1. The van der Waals surface area contributed by atoms with Crippen molar-refractivity contribution in [3.8, 4) is 0 Å². The number of nitrogens with zero attached hydrogens (tertiary/aromatic N) is 2. The zero-order valence-electron chi connectivity index (χ0n) is 10.3. The number of anilines is 1. The molecule has 0 saturated heterocycles. The quantitative estimate of drug-likeness (QED) is 0.922. The number of nitrogen functional groups attached to an aromatic ring is 1. The van der Waals surface area contributed by atoms with E-state index in [1.54, 1.807) is 6.07 Å². The van der Waals surface area contributed by atoms with Gasteiger partial charge in [0, 0.05) is 17.1 Å². The molecule has 0 unspecified atom stereocenters. The van der Waals surface area contributed by atoms with E-state index in [1.807, 2.05) is 6.07 Å². The maximum absolute atomic E-state index is 5.51. The Kier molecular flexibility index (Phi) is 4.38. The number of nitrogens with two attached hydrogens (primary N) is 1. The van der Waals surface area contributed by atoms with E-state index in [4.69, 9.17) is 10.3 Å². The van der Waals surface area contributed by atoms with Crippen LogP contribution in [0.25, 0.3) is 0 Å². The average Bonchev–Trinajstić information content (AvgIpc) is 2.72. The van der Waals surface area contributed by atoms with Crippen molar-refractivity contribution in [2.24, 2.45) is 0 Å². The van der Waals surface area contributed by atoms with Crippen LogP contribution in [0.4, 0.5) is 5.82 Å². The van der Waals surface area contributed by atoms with E-state index in [-0.39, 0.29) is 0 Å². The highest BCUT2D eigenvalue weighted by Crippen LogP contribution is 2.13. The molecule has 5 heteroatoms. The molecule has 96 valence electrons. The van der Waals surface area contributed by atoms with Crippen molar-refractivity contribution < 1.29 is 4.52 Å². The summed E-state index contributed by atoms with van der Waals surface area (Å²) in [5.74, 6) is 1.23. The van der Waals surface area contributed by atoms with Gasteiger partial charge in [0.15, 0.2) is 11.6 Å². The molecule has 0 bridgehead atoms. The first kappa shape index (κ1) is 13.1. The minimum atomic E-state index is 0.436. The van der Waals surface area contributed by atoms with Crippen molar-refractivity contribution in [3.63, 3.8) is 0 Å². The fraction of sp³-hybridized carbons (Fsp3) is 0.308. The van der Waals surface area contributed by atoms with Crippen molar-refractivity contribution >= 4 is 21.7 Å². The van der Waals surface area contributed by atoms with Gasteiger partial charge >= 0.3 is 0 Å². The van der Waals surface area contributed by atoms with Crippen molar-refractivity contribution in [1.29, 1.82) is 0 Å². The molecule has 0 spiro atoms. The van der Waals surface area contributed by atoms with Gasteiger partial charge in [-0.05, 0) is 31.2 Å². The number of halogens is 1. The molecule has 0 fully saturated rings. The van der Waals surface area contributed by atoms with Crippen molar-refractivity contribution in [1.82, 2.24) is 10.1 Å². The molecular formula is C13H16BrN3O. The van der Waals surface area contributed by atoms with Crippen LogP contribution in [0.5, 0.6) is 0 Å². The van der Waals surface area contributed by atoms with E-state index < -0.39 is 0 Å². The molecular weight excluding hydrogens is 294 g/mol. The van der Waals surface area contributed by atoms with Crippen LogP contribution in [0.2, 0.25) is 0 Å². The highest BCUT2D eigenvalue weighted by molar-refractivity contribution is 9.10. The third-order valence-corrected chi connectivity index (χ3v) is 3.17. The van der Waals surface area contributed by atoms with E-state index in [1.165, 1.54) is 5.56 Å². The lowest BCUT2D eigenvalue weighted by molar-refractivity contribution is 0.275. The van der Waals surface area contributed by atoms with E-state index in [9.17, 15) is 0 Å². The number of hydrogen-bond donors (Lipinski definition) is 1.